The van der Waals surface area contributed by atoms with E-state index < -0.39 is 67.4 Å². The molecule has 12 nitrogen and oxygen atoms in total. The first-order valence-electron chi connectivity index (χ1n) is 11.6. The van der Waals surface area contributed by atoms with E-state index in [1.54, 1.807) is 22.9 Å². The molecule has 0 aliphatic carbocycles. The Balaban J connectivity index is 1.92. The number of carboxylic acids is 1. The quantitative estimate of drug-likeness (QED) is 0.158. The zero-order valence-electron chi connectivity index (χ0n) is 20.4. The van der Waals surface area contributed by atoms with E-state index in [4.69, 9.17) is 18.9 Å². The predicted molar refractivity (Wildman–Crippen MR) is 125 cm³/mol. The lowest BCUT2D eigenvalue weighted by molar-refractivity contribution is -0.693. The van der Waals surface area contributed by atoms with Crippen LogP contribution < -0.4 is 4.57 Å². The van der Waals surface area contributed by atoms with Crippen LogP contribution in [-0.2, 0) is 30.3 Å². The standard InChI is InChI=1S/C25H31NO11/c1-4-15-16(7-6-13-8-14(22(31)32)10-26(5-2)9-13)17(23(33)34-3)12-35-24(15)37-25-21(30)20(29)19(28)18(11-27)36-25/h4,6-10,12,15-16,18-21,24-25,27-30H,1,5,11H2,2-3H3/p+1/b7-6+/t15-,16+,18-,19-,20+,21-,24+,25+/m1/s1. The van der Waals surface area contributed by atoms with Gasteiger partial charge in [0.2, 0.25) is 6.29 Å². The van der Waals surface area contributed by atoms with E-state index in [9.17, 15) is 35.1 Å². The number of esters is 1. The fourth-order valence-corrected chi connectivity index (χ4v) is 4.18. The van der Waals surface area contributed by atoms with Crippen LogP contribution >= 0.6 is 0 Å². The number of aromatic carboxylic acids is 1. The second kappa shape index (κ2) is 12.4. The van der Waals surface area contributed by atoms with Crippen molar-refractivity contribution in [3.05, 3.63) is 60.2 Å². The van der Waals surface area contributed by atoms with E-state index in [1.807, 2.05) is 6.92 Å². The number of hydrogen-bond acceptors (Lipinski definition) is 10. The van der Waals surface area contributed by atoms with Crippen molar-refractivity contribution in [2.75, 3.05) is 13.7 Å². The number of carbonyl (C=O) groups excluding carboxylic acids is 1. The van der Waals surface area contributed by atoms with E-state index in [2.05, 4.69) is 6.58 Å². The first-order chi connectivity index (χ1) is 17.6. The van der Waals surface area contributed by atoms with Crippen LogP contribution in [0.15, 0.2) is 49.0 Å². The molecule has 8 atom stereocenters. The second-order valence-electron chi connectivity index (χ2n) is 8.59. The Hall–Kier alpha value is -3.13. The molecule has 5 N–H and O–H groups in total. The topological polar surface area (TPSA) is 176 Å². The predicted octanol–water partition coefficient (Wildman–Crippen LogP) is -0.646. The van der Waals surface area contributed by atoms with E-state index in [-0.39, 0.29) is 11.1 Å². The summed E-state index contributed by atoms with van der Waals surface area (Å²) in [5.74, 6) is -3.20. The number of carbonyl (C=O) groups is 2. The van der Waals surface area contributed by atoms with Gasteiger partial charge in [0.1, 0.15) is 36.5 Å². The summed E-state index contributed by atoms with van der Waals surface area (Å²) in [6.45, 7) is 5.58. The lowest BCUT2D eigenvalue weighted by Crippen LogP contribution is -2.60. The highest BCUT2D eigenvalue weighted by Gasteiger charge is 2.47. The highest BCUT2D eigenvalue weighted by Crippen LogP contribution is 2.36. The lowest BCUT2D eigenvalue weighted by atomic mass is 9.83. The molecule has 0 radical (unpaired) electrons. The third kappa shape index (κ3) is 6.24. The number of rotatable bonds is 9. The molecule has 0 spiro atoms. The molecule has 1 aromatic rings. The molecular weight excluding hydrogens is 490 g/mol. The van der Waals surface area contributed by atoms with Crippen LogP contribution in [0.5, 0.6) is 0 Å². The molecule has 2 aliphatic rings. The SMILES string of the molecule is C=C[C@H]1[C@H](O[C@@H]2O[C@H](CO)[C@@H](O)[C@H](O)[C@H]2O)OC=C(C(=O)OC)[C@H]1/C=C/c1cc(C(=O)O)c[n+](CC)c1. The summed E-state index contributed by atoms with van der Waals surface area (Å²) in [7, 11) is 1.21. The molecule has 0 amide bonds. The Morgan fingerprint density at radius 3 is 2.49 bits per heavy atom. The Morgan fingerprint density at radius 1 is 1.16 bits per heavy atom. The molecule has 0 saturated carbocycles. The van der Waals surface area contributed by atoms with Gasteiger partial charge in [-0.25, -0.2) is 14.2 Å². The van der Waals surface area contributed by atoms with Crippen LogP contribution in [0.25, 0.3) is 6.08 Å². The second-order valence-corrected chi connectivity index (χ2v) is 8.59. The van der Waals surface area contributed by atoms with Gasteiger partial charge in [0.15, 0.2) is 18.7 Å². The smallest absolute Gasteiger partial charge is 0.341 e. The number of aliphatic hydroxyl groups is 4. The summed E-state index contributed by atoms with van der Waals surface area (Å²) in [4.78, 5) is 24.0. The van der Waals surface area contributed by atoms with Gasteiger partial charge in [0.05, 0.1) is 31.5 Å². The lowest BCUT2D eigenvalue weighted by Gasteiger charge is -2.42. The first-order valence-corrected chi connectivity index (χ1v) is 11.6. The zero-order valence-corrected chi connectivity index (χ0v) is 20.4. The molecule has 3 rings (SSSR count). The third-order valence-corrected chi connectivity index (χ3v) is 6.28. The maximum absolute atomic E-state index is 12.5. The van der Waals surface area contributed by atoms with Crippen molar-refractivity contribution in [1.29, 1.82) is 0 Å². The van der Waals surface area contributed by atoms with Gasteiger partial charge in [0, 0.05) is 11.5 Å². The minimum absolute atomic E-state index is 0.0869. The monoisotopic (exact) mass is 522 g/mol. The van der Waals surface area contributed by atoms with Gasteiger partial charge in [-0.3, -0.25) is 0 Å². The number of ether oxygens (including phenoxy) is 4. The number of hydrogen-bond donors (Lipinski definition) is 5. The number of aryl methyl sites for hydroxylation is 1. The molecule has 3 heterocycles. The molecule has 2 aliphatic heterocycles. The van der Waals surface area contributed by atoms with Crippen molar-refractivity contribution in [3.63, 3.8) is 0 Å². The first kappa shape index (κ1) is 28.4. The number of aliphatic hydroxyl groups excluding tert-OH is 4. The summed E-state index contributed by atoms with van der Waals surface area (Å²) in [5.41, 5.74) is 0.783. The van der Waals surface area contributed by atoms with Gasteiger partial charge >= 0.3 is 11.9 Å². The Bertz CT molecular complexity index is 1050. The molecule has 12 heteroatoms. The van der Waals surface area contributed by atoms with Crippen LogP contribution in [-0.4, -0.2) is 88.2 Å². The molecule has 0 bridgehead atoms. The van der Waals surface area contributed by atoms with Crippen LogP contribution in [0.4, 0.5) is 0 Å². The van der Waals surface area contributed by atoms with Crippen molar-refractivity contribution in [2.45, 2.75) is 50.5 Å². The van der Waals surface area contributed by atoms with Crippen LogP contribution in [0.2, 0.25) is 0 Å². The fourth-order valence-electron chi connectivity index (χ4n) is 4.18. The largest absolute Gasteiger partial charge is 0.477 e. The van der Waals surface area contributed by atoms with Crippen molar-refractivity contribution in [2.24, 2.45) is 11.8 Å². The number of pyridine rings is 1. The van der Waals surface area contributed by atoms with E-state index >= 15 is 0 Å². The number of methoxy groups -OCH3 is 1. The summed E-state index contributed by atoms with van der Waals surface area (Å²) in [6.07, 6.45) is 0.488. The van der Waals surface area contributed by atoms with Crippen LogP contribution in [0.3, 0.4) is 0 Å². The summed E-state index contributed by atoms with van der Waals surface area (Å²) in [5, 5.41) is 49.3. The van der Waals surface area contributed by atoms with Crippen molar-refractivity contribution >= 4 is 18.0 Å². The minimum Gasteiger partial charge on any atom is -0.477 e. The fraction of sp³-hybridized carbons (Fsp3) is 0.480. The maximum Gasteiger partial charge on any atom is 0.341 e. The van der Waals surface area contributed by atoms with Gasteiger partial charge in [-0.2, -0.15) is 0 Å². The van der Waals surface area contributed by atoms with E-state index in [0.29, 0.717) is 12.1 Å². The van der Waals surface area contributed by atoms with Crippen molar-refractivity contribution in [1.82, 2.24) is 0 Å². The molecular formula is C25H32NO11+. The van der Waals surface area contributed by atoms with Crippen molar-refractivity contribution < 1.29 is 58.6 Å². The minimum atomic E-state index is -1.66. The van der Waals surface area contributed by atoms with Gasteiger partial charge in [0.25, 0.3) is 0 Å². The molecule has 1 fully saturated rings. The van der Waals surface area contributed by atoms with Gasteiger partial charge < -0.3 is 44.5 Å². The van der Waals surface area contributed by atoms with Crippen molar-refractivity contribution in [3.8, 4) is 0 Å². The van der Waals surface area contributed by atoms with Gasteiger partial charge in [-0.05, 0) is 13.0 Å². The molecule has 0 unspecified atom stereocenters. The molecule has 0 aromatic carbocycles. The molecule has 1 aromatic heterocycles. The number of allylic oxidation sites excluding steroid dienone is 1. The molecule has 202 valence electrons. The zero-order chi connectivity index (χ0) is 27.3. The summed E-state index contributed by atoms with van der Waals surface area (Å²) < 4.78 is 23.4. The summed E-state index contributed by atoms with van der Waals surface area (Å²) in [6, 6.07) is 1.48. The van der Waals surface area contributed by atoms with Gasteiger partial charge in [-0.1, -0.05) is 18.2 Å². The average molecular weight is 523 g/mol. The number of carboxylic acid groups (broad SMARTS) is 1. The maximum atomic E-state index is 12.5. The number of nitrogens with zero attached hydrogens (tertiary/aromatic N) is 1. The highest BCUT2D eigenvalue weighted by molar-refractivity contribution is 5.90. The molecule has 1 saturated heterocycles. The van der Waals surface area contributed by atoms with Crippen LogP contribution in [0, 0.1) is 11.8 Å². The van der Waals surface area contributed by atoms with Gasteiger partial charge in [-0.15, -0.1) is 6.58 Å². The highest BCUT2D eigenvalue weighted by atomic mass is 16.8. The number of aromatic nitrogens is 1. The Labute approximate surface area is 213 Å². The third-order valence-electron chi connectivity index (χ3n) is 6.28. The molecule has 37 heavy (non-hydrogen) atoms. The normalized spacial score (nSPS) is 31.9. The van der Waals surface area contributed by atoms with E-state index in [1.165, 1.54) is 25.4 Å². The Morgan fingerprint density at radius 2 is 1.89 bits per heavy atom. The average Bonchev–Trinajstić information content (AvgIpc) is 2.91. The Kier molecular flexibility index (Phi) is 9.54. The summed E-state index contributed by atoms with van der Waals surface area (Å²) >= 11 is 0. The van der Waals surface area contributed by atoms with E-state index in [0.717, 1.165) is 6.26 Å². The van der Waals surface area contributed by atoms with Crippen LogP contribution in [0.1, 0.15) is 22.8 Å².